The minimum absolute atomic E-state index is 0.387. The second-order valence-corrected chi connectivity index (χ2v) is 9.10. The molecule has 0 aromatic heterocycles. The van der Waals surface area contributed by atoms with Gasteiger partial charge in [0.2, 0.25) is 0 Å². The second-order valence-electron chi connectivity index (χ2n) is 7.92. The van der Waals surface area contributed by atoms with Crippen LogP contribution in [0.1, 0.15) is 41.9 Å². The lowest BCUT2D eigenvalue weighted by atomic mass is 10.1. The van der Waals surface area contributed by atoms with Gasteiger partial charge < -0.3 is 24.0 Å². The van der Waals surface area contributed by atoms with E-state index in [9.17, 15) is 14.4 Å². The first-order valence-electron chi connectivity index (χ1n) is 11.7. The van der Waals surface area contributed by atoms with Gasteiger partial charge >= 0.3 is 11.9 Å². The fourth-order valence-corrected chi connectivity index (χ4v) is 4.61. The third kappa shape index (κ3) is 9.20. The van der Waals surface area contributed by atoms with Gasteiger partial charge in [0.05, 0.1) is 30.7 Å². The SMILES string of the molecule is CC.COC(=O)c1ccc(N(C)CCN(C)C)c(S[C@@H](c2ccc(OC)cc2)[C@H](C=O)OC(C)=O)c1. The lowest BCUT2D eigenvalue weighted by Crippen LogP contribution is -2.29. The van der Waals surface area contributed by atoms with E-state index < -0.39 is 23.3 Å². The Morgan fingerprint density at radius 3 is 2.14 bits per heavy atom. The first-order chi connectivity index (χ1) is 17.2. The van der Waals surface area contributed by atoms with Crippen LogP contribution in [0.2, 0.25) is 0 Å². The summed E-state index contributed by atoms with van der Waals surface area (Å²) in [7, 11) is 8.86. The fraction of sp³-hybridized carbons (Fsp3) is 0.444. The summed E-state index contributed by atoms with van der Waals surface area (Å²) in [6.45, 7) is 6.84. The molecule has 2 rings (SSSR count). The average molecular weight is 519 g/mol. The van der Waals surface area contributed by atoms with E-state index in [2.05, 4.69) is 9.80 Å². The number of carbonyl (C=O) groups excluding carboxylic acids is 3. The highest BCUT2D eigenvalue weighted by Crippen LogP contribution is 2.43. The van der Waals surface area contributed by atoms with E-state index in [4.69, 9.17) is 14.2 Å². The molecular formula is C27H38N2O6S. The second kappa shape index (κ2) is 15.9. The van der Waals surface area contributed by atoms with Gasteiger partial charge in [-0.1, -0.05) is 26.0 Å². The zero-order chi connectivity index (χ0) is 27.3. The molecule has 0 amide bonds. The summed E-state index contributed by atoms with van der Waals surface area (Å²) in [6, 6.07) is 12.5. The summed E-state index contributed by atoms with van der Waals surface area (Å²) in [5.41, 5.74) is 2.04. The number of aldehydes is 1. The summed E-state index contributed by atoms with van der Waals surface area (Å²) in [6.07, 6.45) is -0.402. The van der Waals surface area contributed by atoms with E-state index in [1.807, 2.05) is 53.2 Å². The number of thioether (sulfide) groups is 1. The molecule has 0 saturated heterocycles. The number of hydrogen-bond acceptors (Lipinski definition) is 9. The highest BCUT2D eigenvalue weighted by Gasteiger charge is 2.29. The van der Waals surface area contributed by atoms with Gasteiger partial charge in [-0.15, -0.1) is 11.8 Å². The lowest BCUT2D eigenvalue weighted by Gasteiger charge is -2.28. The zero-order valence-corrected chi connectivity index (χ0v) is 23.3. The number of likely N-dealkylation sites (N-methyl/N-ethyl adjacent to an activating group) is 2. The summed E-state index contributed by atoms with van der Waals surface area (Å²) < 4.78 is 15.5. The molecule has 0 fully saturated rings. The molecular weight excluding hydrogens is 480 g/mol. The Balaban J connectivity index is 0.00000316. The van der Waals surface area contributed by atoms with Crippen LogP contribution in [0.15, 0.2) is 47.4 Å². The molecule has 198 valence electrons. The number of methoxy groups -OCH3 is 2. The van der Waals surface area contributed by atoms with Gasteiger partial charge in [0, 0.05) is 32.0 Å². The Hall–Kier alpha value is -3.04. The smallest absolute Gasteiger partial charge is 0.337 e. The molecule has 0 radical (unpaired) electrons. The molecule has 0 N–H and O–H groups in total. The predicted molar refractivity (Wildman–Crippen MR) is 144 cm³/mol. The zero-order valence-electron chi connectivity index (χ0n) is 22.4. The van der Waals surface area contributed by atoms with Gasteiger partial charge in [-0.3, -0.25) is 9.59 Å². The molecule has 36 heavy (non-hydrogen) atoms. The predicted octanol–water partition coefficient (Wildman–Crippen LogP) is 4.47. The normalized spacial score (nSPS) is 12.0. The van der Waals surface area contributed by atoms with Crippen LogP contribution in [-0.2, 0) is 19.1 Å². The topological polar surface area (TPSA) is 85.4 Å². The van der Waals surface area contributed by atoms with Crippen LogP contribution >= 0.6 is 11.8 Å². The number of carbonyl (C=O) groups is 3. The Labute approximate surface area is 218 Å². The maximum atomic E-state index is 12.2. The van der Waals surface area contributed by atoms with Crippen molar-refractivity contribution in [2.24, 2.45) is 0 Å². The summed E-state index contributed by atoms with van der Waals surface area (Å²) in [5, 5.41) is -0.554. The molecule has 0 aliphatic carbocycles. The maximum absolute atomic E-state index is 12.2. The molecule has 0 aliphatic heterocycles. The molecule has 9 heteroatoms. The Kier molecular flexibility index (Phi) is 13.6. The van der Waals surface area contributed by atoms with Crippen molar-refractivity contribution in [2.75, 3.05) is 53.4 Å². The van der Waals surface area contributed by atoms with Crippen LogP contribution in [-0.4, -0.2) is 77.7 Å². The number of nitrogens with zero attached hydrogens (tertiary/aromatic N) is 2. The number of hydrogen-bond donors (Lipinski definition) is 0. The highest BCUT2D eigenvalue weighted by atomic mass is 32.2. The monoisotopic (exact) mass is 518 g/mol. The van der Waals surface area contributed by atoms with E-state index in [1.54, 1.807) is 31.4 Å². The molecule has 2 aromatic carbocycles. The Morgan fingerprint density at radius 2 is 1.64 bits per heavy atom. The number of ether oxygens (including phenoxy) is 3. The van der Waals surface area contributed by atoms with Crippen molar-refractivity contribution < 1.29 is 28.6 Å². The van der Waals surface area contributed by atoms with Crippen molar-refractivity contribution in [2.45, 2.75) is 37.0 Å². The first-order valence-corrected chi connectivity index (χ1v) is 12.6. The van der Waals surface area contributed by atoms with Crippen molar-refractivity contribution in [3.8, 4) is 5.75 Å². The third-order valence-electron chi connectivity index (χ3n) is 5.11. The Morgan fingerprint density at radius 1 is 1.00 bits per heavy atom. The first kappa shape index (κ1) is 31.0. The molecule has 0 aliphatic rings. The minimum Gasteiger partial charge on any atom is -0.497 e. The number of benzene rings is 2. The van der Waals surface area contributed by atoms with E-state index in [1.165, 1.54) is 25.8 Å². The molecule has 0 bridgehead atoms. The van der Waals surface area contributed by atoms with E-state index >= 15 is 0 Å². The van der Waals surface area contributed by atoms with Gasteiger partial charge in [-0.25, -0.2) is 4.79 Å². The van der Waals surface area contributed by atoms with Crippen molar-refractivity contribution in [1.82, 2.24) is 4.90 Å². The number of anilines is 1. The van der Waals surface area contributed by atoms with Crippen LogP contribution in [0.3, 0.4) is 0 Å². The van der Waals surface area contributed by atoms with Crippen LogP contribution in [0, 0.1) is 0 Å². The largest absolute Gasteiger partial charge is 0.497 e. The minimum atomic E-state index is -1.03. The third-order valence-corrected chi connectivity index (χ3v) is 6.48. The molecule has 0 spiro atoms. The quantitative estimate of drug-likeness (QED) is 0.229. The average Bonchev–Trinajstić information content (AvgIpc) is 2.89. The maximum Gasteiger partial charge on any atom is 0.337 e. The van der Waals surface area contributed by atoms with Crippen molar-refractivity contribution in [3.63, 3.8) is 0 Å². The molecule has 2 aromatic rings. The van der Waals surface area contributed by atoms with Crippen LogP contribution in [0.5, 0.6) is 5.75 Å². The van der Waals surface area contributed by atoms with Crippen LogP contribution < -0.4 is 9.64 Å². The van der Waals surface area contributed by atoms with Crippen molar-refractivity contribution in [1.29, 1.82) is 0 Å². The number of rotatable bonds is 12. The Bertz CT molecular complexity index is 981. The van der Waals surface area contributed by atoms with Crippen molar-refractivity contribution in [3.05, 3.63) is 53.6 Å². The molecule has 0 unspecified atom stereocenters. The number of esters is 2. The van der Waals surface area contributed by atoms with Crippen LogP contribution in [0.4, 0.5) is 5.69 Å². The molecule has 0 saturated carbocycles. The van der Waals surface area contributed by atoms with E-state index in [-0.39, 0.29) is 0 Å². The van der Waals surface area contributed by atoms with Gasteiger partial charge in [-0.05, 0) is 50.0 Å². The fourth-order valence-electron chi connectivity index (χ4n) is 3.25. The summed E-state index contributed by atoms with van der Waals surface area (Å²) >= 11 is 1.35. The standard InChI is InChI=1S/C25H32N2O6S.C2H6/c1-17(29)33-22(16-28)24(18-7-10-20(31-5)11-8-18)34-23-15-19(25(30)32-6)9-12-21(23)27(4)14-13-26(2)3;1-2/h7-12,15-16,22,24H,13-14H2,1-6H3;1-2H3/t22-,24-;/m0./s1. The molecule has 8 nitrogen and oxygen atoms in total. The summed E-state index contributed by atoms with van der Waals surface area (Å²) in [5.74, 6) is -0.348. The highest BCUT2D eigenvalue weighted by molar-refractivity contribution is 7.99. The van der Waals surface area contributed by atoms with Gasteiger partial charge in [0.1, 0.15) is 5.75 Å². The van der Waals surface area contributed by atoms with Crippen LogP contribution in [0.25, 0.3) is 0 Å². The van der Waals surface area contributed by atoms with Gasteiger partial charge in [-0.2, -0.15) is 0 Å². The van der Waals surface area contributed by atoms with E-state index in [0.717, 1.165) is 29.2 Å². The molecule has 0 heterocycles. The summed E-state index contributed by atoms with van der Waals surface area (Å²) in [4.78, 5) is 40.8. The van der Waals surface area contributed by atoms with Gasteiger partial charge in [0.15, 0.2) is 12.4 Å². The van der Waals surface area contributed by atoms with Gasteiger partial charge in [0.25, 0.3) is 0 Å². The lowest BCUT2D eigenvalue weighted by molar-refractivity contribution is -0.149. The molecule has 2 atom stereocenters. The van der Waals surface area contributed by atoms with E-state index in [0.29, 0.717) is 17.6 Å². The van der Waals surface area contributed by atoms with Crippen molar-refractivity contribution >= 4 is 35.7 Å².